The SMILES string of the molecule is O=C(CCCS)NCCN(CCNC(=O)CCCS)CCNC(=O)CCCS. The van der Waals surface area contributed by atoms with Crippen LogP contribution in [0, 0.1) is 0 Å². The second-order valence-electron chi connectivity index (χ2n) is 6.37. The Kier molecular flexibility index (Phi) is 19.3. The molecule has 0 heterocycles. The first-order chi connectivity index (χ1) is 13.5. The number of thiol groups is 3. The van der Waals surface area contributed by atoms with Crippen molar-refractivity contribution in [2.45, 2.75) is 38.5 Å². The van der Waals surface area contributed by atoms with Crippen molar-refractivity contribution in [1.82, 2.24) is 20.9 Å². The second-order valence-corrected chi connectivity index (χ2v) is 7.71. The maximum atomic E-state index is 11.7. The fraction of sp³-hybridized carbons (Fsp3) is 0.833. The van der Waals surface area contributed by atoms with E-state index < -0.39 is 0 Å². The normalized spacial score (nSPS) is 10.7. The van der Waals surface area contributed by atoms with Crippen molar-refractivity contribution in [3.05, 3.63) is 0 Å². The first-order valence-corrected chi connectivity index (χ1v) is 11.8. The molecule has 28 heavy (non-hydrogen) atoms. The van der Waals surface area contributed by atoms with Crippen LogP contribution >= 0.6 is 37.9 Å². The molecule has 0 saturated heterocycles. The molecule has 0 unspecified atom stereocenters. The Balaban J connectivity index is 4.23. The molecule has 0 aromatic carbocycles. The second kappa shape index (κ2) is 19.7. The van der Waals surface area contributed by atoms with Gasteiger partial charge in [0, 0.05) is 58.5 Å². The van der Waals surface area contributed by atoms with Crippen molar-refractivity contribution in [2.75, 3.05) is 56.5 Å². The van der Waals surface area contributed by atoms with E-state index in [2.05, 4.69) is 58.7 Å². The Morgan fingerprint density at radius 2 is 0.857 bits per heavy atom. The molecule has 0 fully saturated rings. The Morgan fingerprint density at radius 1 is 0.571 bits per heavy atom. The molecule has 0 aliphatic carbocycles. The first-order valence-electron chi connectivity index (χ1n) is 9.88. The fourth-order valence-electron chi connectivity index (χ4n) is 2.38. The summed E-state index contributed by atoms with van der Waals surface area (Å²) in [5, 5.41) is 8.69. The van der Waals surface area contributed by atoms with Gasteiger partial charge in [-0.3, -0.25) is 19.3 Å². The molecule has 10 heteroatoms. The van der Waals surface area contributed by atoms with Crippen molar-refractivity contribution in [3.63, 3.8) is 0 Å². The van der Waals surface area contributed by atoms with Crippen LogP contribution in [0.25, 0.3) is 0 Å². The topological polar surface area (TPSA) is 90.5 Å². The van der Waals surface area contributed by atoms with Crippen molar-refractivity contribution in [3.8, 4) is 0 Å². The lowest BCUT2D eigenvalue weighted by atomic mass is 10.3. The van der Waals surface area contributed by atoms with Crippen LogP contribution in [0.1, 0.15) is 38.5 Å². The summed E-state index contributed by atoms with van der Waals surface area (Å²) in [6.45, 7) is 3.58. The van der Waals surface area contributed by atoms with Crippen molar-refractivity contribution in [1.29, 1.82) is 0 Å². The molecule has 164 valence electrons. The molecule has 0 radical (unpaired) electrons. The molecular formula is C18H36N4O3S3. The van der Waals surface area contributed by atoms with Gasteiger partial charge in [0.25, 0.3) is 0 Å². The van der Waals surface area contributed by atoms with Gasteiger partial charge in [-0.15, -0.1) is 0 Å². The highest BCUT2D eigenvalue weighted by Gasteiger charge is 2.08. The van der Waals surface area contributed by atoms with Gasteiger partial charge < -0.3 is 16.0 Å². The maximum Gasteiger partial charge on any atom is 0.220 e. The van der Waals surface area contributed by atoms with E-state index in [0.29, 0.717) is 75.8 Å². The maximum absolute atomic E-state index is 11.7. The van der Waals surface area contributed by atoms with Crippen LogP contribution in [0.3, 0.4) is 0 Å². The number of carbonyl (C=O) groups excluding carboxylic acids is 3. The third-order valence-electron chi connectivity index (χ3n) is 3.94. The Labute approximate surface area is 185 Å². The van der Waals surface area contributed by atoms with Crippen LogP contribution in [0.4, 0.5) is 0 Å². The zero-order valence-electron chi connectivity index (χ0n) is 16.6. The van der Waals surface area contributed by atoms with Crippen LogP contribution in [0.15, 0.2) is 0 Å². The minimum absolute atomic E-state index is 0.0223. The molecule has 3 N–H and O–H groups in total. The number of hydrogen-bond acceptors (Lipinski definition) is 7. The number of amides is 3. The van der Waals surface area contributed by atoms with Gasteiger partial charge in [0.2, 0.25) is 17.7 Å². The average molecular weight is 453 g/mol. The van der Waals surface area contributed by atoms with E-state index >= 15 is 0 Å². The Morgan fingerprint density at radius 3 is 1.11 bits per heavy atom. The molecule has 7 nitrogen and oxygen atoms in total. The smallest absolute Gasteiger partial charge is 0.220 e. The van der Waals surface area contributed by atoms with Gasteiger partial charge in [-0.05, 0) is 36.5 Å². The van der Waals surface area contributed by atoms with E-state index in [0.717, 1.165) is 19.3 Å². The fourth-order valence-corrected chi connectivity index (χ4v) is 2.85. The molecule has 0 aromatic heterocycles. The van der Waals surface area contributed by atoms with Gasteiger partial charge in [-0.1, -0.05) is 0 Å². The molecule has 3 amide bonds. The van der Waals surface area contributed by atoms with E-state index in [1.807, 2.05) is 0 Å². The van der Waals surface area contributed by atoms with Gasteiger partial charge in [-0.25, -0.2) is 0 Å². The van der Waals surface area contributed by atoms with E-state index in [1.165, 1.54) is 0 Å². The van der Waals surface area contributed by atoms with Gasteiger partial charge in [0.1, 0.15) is 0 Å². The highest BCUT2D eigenvalue weighted by molar-refractivity contribution is 7.80. The number of nitrogens with one attached hydrogen (secondary N) is 3. The quantitative estimate of drug-likeness (QED) is 0.173. The highest BCUT2D eigenvalue weighted by atomic mass is 32.1. The van der Waals surface area contributed by atoms with E-state index in [-0.39, 0.29) is 17.7 Å². The molecule has 0 aliphatic rings. The largest absolute Gasteiger partial charge is 0.355 e. The third-order valence-corrected chi connectivity index (χ3v) is 4.89. The zero-order valence-corrected chi connectivity index (χ0v) is 19.3. The summed E-state index contributed by atoms with van der Waals surface area (Å²) in [7, 11) is 0. The zero-order chi connectivity index (χ0) is 21.0. The highest BCUT2D eigenvalue weighted by Crippen LogP contribution is 1.94. The summed E-state index contributed by atoms with van der Waals surface area (Å²) in [5.74, 6) is 2.15. The molecule has 0 rings (SSSR count). The third kappa shape index (κ3) is 17.5. The standard InChI is InChI=1S/C18H36N4O3S3/c23-16(4-1-13-26)19-7-10-22(11-8-20-17(24)5-2-14-27)12-9-21-18(25)6-3-15-28/h26-28H,1-15H2,(H,19,23)(H,20,24)(H,21,25). The van der Waals surface area contributed by atoms with E-state index in [1.54, 1.807) is 0 Å². The van der Waals surface area contributed by atoms with Crippen LogP contribution < -0.4 is 16.0 Å². The van der Waals surface area contributed by atoms with Crippen molar-refractivity contribution >= 4 is 55.6 Å². The number of hydrogen-bond donors (Lipinski definition) is 6. The molecule has 0 aliphatic heterocycles. The predicted molar refractivity (Wildman–Crippen MR) is 125 cm³/mol. The van der Waals surface area contributed by atoms with Crippen LogP contribution in [-0.4, -0.2) is 79.1 Å². The average Bonchev–Trinajstić information content (AvgIpc) is 2.68. The summed E-state index contributed by atoms with van der Waals surface area (Å²) in [6, 6.07) is 0. The van der Waals surface area contributed by atoms with Crippen LogP contribution in [-0.2, 0) is 14.4 Å². The molecule has 0 spiro atoms. The Bertz CT molecular complexity index is 380. The summed E-state index contributed by atoms with van der Waals surface area (Å²) < 4.78 is 0. The van der Waals surface area contributed by atoms with E-state index in [4.69, 9.17) is 0 Å². The molecular weight excluding hydrogens is 416 g/mol. The Hall–Kier alpha value is -0.580. The van der Waals surface area contributed by atoms with Gasteiger partial charge >= 0.3 is 0 Å². The predicted octanol–water partition coefficient (Wildman–Crippen LogP) is 0.767. The summed E-state index contributed by atoms with van der Waals surface area (Å²) in [6.07, 6.45) is 3.71. The number of rotatable bonds is 18. The van der Waals surface area contributed by atoms with Gasteiger partial charge in [-0.2, -0.15) is 37.9 Å². The number of carbonyl (C=O) groups is 3. The minimum Gasteiger partial charge on any atom is -0.355 e. The van der Waals surface area contributed by atoms with Gasteiger partial charge in [0.15, 0.2) is 0 Å². The van der Waals surface area contributed by atoms with Gasteiger partial charge in [0.05, 0.1) is 0 Å². The van der Waals surface area contributed by atoms with Crippen LogP contribution in [0.2, 0.25) is 0 Å². The monoisotopic (exact) mass is 452 g/mol. The molecule has 0 atom stereocenters. The lowest BCUT2D eigenvalue weighted by Crippen LogP contribution is -2.43. The van der Waals surface area contributed by atoms with E-state index in [9.17, 15) is 14.4 Å². The summed E-state index contributed by atoms with van der Waals surface area (Å²) >= 11 is 12.3. The van der Waals surface area contributed by atoms with Crippen molar-refractivity contribution in [2.24, 2.45) is 0 Å². The molecule has 0 bridgehead atoms. The number of nitrogens with zero attached hydrogens (tertiary/aromatic N) is 1. The van der Waals surface area contributed by atoms with Crippen molar-refractivity contribution < 1.29 is 14.4 Å². The van der Waals surface area contributed by atoms with Crippen LogP contribution in [0.5, 0.6) is 0 Å². The first kappa shape index (κ1) is 27.4. The summed E-state index contributed by atoms with van der Waals surface area (Å²) in [5.41, 5.74) is 0. The lowest BCUT2D eigenvalue weighted by Gasteiger charge is -2.23. The summed E-state index contributed by atoms with van der Waals surface area (Å²) in [4.78, 5) is 37.2. The lowest BCUT2D eigenvalue weighted by molar-refractivity contribution is -0.121. The minimum atomic E-state index is 0.0223. The molecule has 0 aromatic rings. The molecule has 0 saturated carbocycles.